The maximum atomic E-state index is 11.6. The SMILES string of the molecule is CCc1cc(=O)oc2cc(OCCOc3ccccc3C(C)=O)ccc12. The lowest BCUT2D eigenvalue weighted by atomic mass is 10.1. The van der Waals surface area contributed by atoms with Gasteiger partial charge in [0.05, 0.1) is 5.56 Å². The van der Waals surface area contributed by atoms with Crippen LogP contribution in [0.1, 0.15) is 29.8 Å². The monoisotopic (exact) mass is 352 g/mol. The number of para-hydroxylation sites is 1. The van der Waals surface area contributed by atoms with Crippen molar-refractivity contribution in [3.05, 3.63) is 70.1 Å². The lowest BCUT2D eigenvalue weighted by Gasteiger charge is -2.11. The molecular formula is C21H20O5. The average Bonchev–Trinajstić information content (AvgIpc) is 2.64. The zero-order chi connectivity index (χ0) is 18.5. The summed E-state index contributed by atoms with van der Waals surface area (Å²) in [7, 11) is 0. The quantitative estimate of drug-likeness (QED) is 0.365. The Balaban J connectivity index is 1.65. The summed E-state index contributed by atoms with van der Waals surface area (Å²) in [4.78, 5) is 23.2. The van der Waals surface area contributed by atoms with Crippen LogP contribution in [0.15, 0.2) is 57.7 Å². The maximum absolute atomic E-state index is 11.6. The summed E-state index contributed by atoms with van der Waals surface area (Å²) in [5.41, 5.74) is 1.64. The van der Waals surface area contributed by atoms with E-state index in [2.05, 4.69) is 0 Å². The van der Waals surface area contributed by atoms with Crippen molar-refractivity contribution in [3.63, 3.8) is 0 Å². The number of Topliss-reactive ketones (excluding diaryl/α,β-unsaturated/α-hetero) is 1. The van der Waals surface area contributed by atoms with Crippen molar-refractivity contribution in [2.45, 2.75) is 20.3 Å². The van der Waals surface area contributed by atoms with Gasteiger partial charge in [0.15, 0.2) is 5.78 Å². The highest BCUT2D eigenvalue weighted by molar-refractivity contribution is 5.96. The van der Waals surface area contributed by atoms with Gasteiger partial charge in [-0.3, -0.25) is 4.79 Å². The van der Waals surface area contributed by atoms with Gasteiger partial charge >= 0.3 is 5.63 Å². The van der Waals surface area contributed by atoms with Crippen LogP contribution in [0, 0.1) is 0 Å². The van der Waals surface area contributed by atoms with E-state index in [4.69, 9.17) is 13.9 Å². The van der Waals surface area contributed by atoms with Gasteiger partial charge in [0, 0.05) is 17.5 Å². The number of benzene rings is 2. The molecule has 2 aromatic carbocycles. The number of hydrogen-bond acceptors (Lipinski definition) is 5. The molecule has 3 aromatic rings. The molecule has 0 saturated heterocycles. The van der Waals surface area contributed by atoms with E-state index < -0.39 is 0 Å². The average molecular weight is 352 g/mol. The van der Waals surface area contributed by atoms with E-state index in [0.717, 1.165) is 17.4 Å². The Morgan fingerprint density at radius 1 is 1.04 bits per heavy atom. The van der Waals surface area contributed by atoms with Crippen LogP contribution in [0.2, 0.25) is 0 Å². The van der Waals surface area contributed by atoms with Crippen molar-refractivity contribution in [2.75, 3.05) is 13.2 Å². The molecule has 134 valence electrons. The van der Waals surface area contributed by atoms with E-state index in [1.807, 2.05) is 25.1 Å². The Labute approximate surface area is 151 Å². The van der Waals surface area contributed by atoms with Crippen LogP contribution in [0.4, 0.5) is 0 Å². The van der Waals surface area contributed by atoms with Crippen LogP contribution < -0.4 is 15.1 Å². The van der Waals surface area contributed by atoms with Gasteiger partial charge in [0.1, 0.15) is 30.3 Å². The minimum Gasteiger partial charge on any atom is -0.490 e. The summed E-state index contributed by atoms with van der Waals surface area (Å²) < 4.78 is 16.6. The van der Waals surface area contributed by atoms with E-state index in [9.17, 15) is 9.59 Å². The maximum Gasteiger partial charge on any atom is 0.336 e. The molecular weight excluding hydrogens is 332 g/mol. The highest BCUT2D eigenvalue weighted by Gasteiger charge is 2.08. The summed E-state index contributed by atoms with van der Waals surface area (Å²) in [6.07, 6.45) is 0.756. The fraction of sp³-hybridized carbons (Fsp3) is 0.238. The van der Waals surface area contributed by atoms with Gasteiger partial charge < -0.3 is 13.9 Å². The third-order valence-electron chi connectivity index (χ3n) is 4.06. The second-order valence-electron chi connectivity index (χ2n) is 5.85. The minimum atomic E-state index is -0.365. The summed E-state index contributed by atoms with van der Waals surface area (Å²) >= 11 is 0. The number of carbonyl (C=O) groups excluding carboxylic acids is 1. The molecule has 0 aliphatic heterocycles. The van der Waals surface area contributed by atoms with Gasteiger partial charge in [-0.25, -0.2) is 4.79 Å². The molecule has 0 spiro atoms. The molecule has 0 amide bonds. The van der Waals surface area contributed by atoms with Gasteiger partial charge in [-0.1, -0.05) is 19.1 Å². The van der Waals surface area contributed by atoms with Crippen molar-refractivity contribution >= 4 is 16.8 Å². The molecule has 26 heavy (non-hydrogen) atoms. The molecule has 0 aliphatic rings. The van der Waals surface area contributed by atoms with Gasteiger partial charge in [0.2, 0.25) is 0 Å². The zero-order valence-corrected chi connectivity index (χ0v) is 14.8. The Kier molecular flexibility index (Phi) is 5.37. The van der Waals surface area contributed by atoms with Crippen molar-refractivity contribution in [1.29, 1.82) is 0 Å². The molecule has 1 aromatic heterocycles. The molecule has 0 aliphatic carbocycles. The number of ether oxygens (including phenoxy) is 2. The van der Waals surface area contributed by atoms with Crippen LogP contribution in [-0.4, -0.2) is 19.0 Å². The highest BCUT2D eigenvalue weighted by atomic mass is 16.5. The highest BCUT2D eigenvalue weighted by Crippen LogP contribution is 2.23. The van der Waals surface area contributed by atoms with E-state index in [1.54, 1.807) is 24.3 Å². The van der Waals surface area contributed by atoms with E-state index >= 15 is 0 Å². The van der Waals surface area contributed by atoms with Crippen molar-refractivity contribution < 1.29 is 18.7 Å². The van der Waals surface area contributed by atoms with E-state index in [1.165, 1.54) is 13.0 Å². The Morgan fingerprint density at radius 3 is 2.58 bits per heavy atom. The number of hydrogen-bond donors (Lipinski definition) is 0. The third-order valence-corrected chi connectivity index (χ3v) is 4.06. The van der Waals surface area contributed by atoms with Crippen molar-refractivity contribution in [3.8, 4) is 11.5 Å². The predicted octanol–water partition coefficient (Wildman–Crippen LogP) is 4.02. The number of aryl methyl sites for hydroxylation is 1. The first-order chi connectivity index (χ1) is 12.6. The lowest BCUT2D eigenvalue weighted by Crippen LogP contribution is -2.10. The Morgan fingerprint density at radius 2 is 1.81 bits per heavy atom. The summed E-state index contributed by atoms with van der Waals surface area (Å²) in [5, 5.41) is 0.908. The molecule has 5 heteroatoms. The summed E-state index contributed by atoms with van der Waals surface area (Å²) in [6, 6.07) is 14.1. The molecule has 0 N–H and O–H groups in total. The summed E-state index contributed by atoms with van der Waals surface area (Å²) in [6.45, 7) is 4.09. The first kappa shape index (κ1) is 17.7. The largest absolute Gasteiger partial charge is 0.490 e. The smallest absolute Gasteiger partial charge is 0.336 e. The first-order valence-electron chi connectivity index (χ1n) is 8.51. The summed E-state index contributed by atoms with van der Waals surface area (Å²) in [5.74, 6) is 1.09. The zero-order valence-electron chi connectivity index (χ0n) is 14.8. The molecule has 0 atom stereocenters. The minimum absolute atomic E-state index is 0.0437. The number of rotatable bonds is 7. The van der Waals surface area contributed by atoms with E-state index in [-0.39, 0.29) is 11.4 Å². The van der Waals surface area contributed by atoms with Crippen LogP contribution in [-0.2, 0) is 6.42 Å². The van der Waals surface area contributed by atoms with Gasteiger partial charge in [0.25, 0.3) is 0 Å². The molecule has 0 fully saturated rings. The number of carbonyl (C=O) groups is 1. The second kappa shape index (κ2) is 7.87. The van der Waals surface area contributed by atoms with E-state index in [0.29, 0.717) is 35.9 Å². The molecule has 1 heterocycles. The molecule has 0 bridgehead atoms. The van der Waals surface area contributed by atoms with Crippen LogP contribution in [0.3, 0.4) is 0 Å². The molecule has 5 nitrogen and oxygen atoms in total. The standard InChI is InChI=1S/C21H20O5/c1-3-15-12-21(23)26-20-13-16(8-9-18(15)20)24-10-11-25-19-7-5-4-6-17(19)14(2)22/h4-9,12-13H,3,10-11H2,1-2H3. The van der Waals surface area contributed by atoms with Crippen LogP contribution >= 0.6 is 0 Å². The fourth-order valence-electron chi connectivity index (χ4n) is 2.79. The lowest BCUT2D eigenvalue weighted by molar-refractivity contribution is 0.101. The van der Waals surface area contributed by atoms with Gasteiger partial charge in [-0.15, -0.1) is 0 Å². The third kappa shape index (κ3) is 3.94. The number of fused-ring (bicyclic) bond motifs is 1. The first-order valence-corrected chi connectivity index (χ1v) is 8.51. The van der Waals surface area contributed by atoms with Crippen molar-refractivity contribution in [2.24, 2.45) is 0 Å². The molecule has 0 radical (unpaired) electrons. The van der Waals surface area contributed by atoms with Gasteiger partial charge in [-0.2, -0.15) is 0 Å². The topological polar surface area (TPSA) is 65.7 Å². The fourth-order valence-corrected chi connectivity index (χ4v) is 2.79. The van der Waals surface area contributed by atoms with Crippen LogP contribution in [0.25, 0.3) is 11.0 Å². The predicted molar refractivity (Wildman–Crippen MR) is 99.3 cm³/mol. The normalized spacial score (nSPS) is 10.7. The van der Waals surface area contributed by atoms with Gasteiger partial charge in [-0.05, 0) is 43.2 Å². The molecule has 3 rings (SSSR count). The Hall–Kier alpha value is -3.08. The Bertz CT molecular complexity index is 987. The number of ketones is 1. The van der Waals surface area contributed by atoms with Crippen LogP contribution in [0.5, 0.6) is 11.5 Å². The molecule has 0 unspecified atom stereocenters. The van der Waals surface area contributed by atoms with Crippen molar-refractivity contribution in [1.82, 2.24) is 0 Å². The second-order valence-corrected chi connectivity index (χ2v) is 5.85. The molecule has 0 saturated carbocycles.